The van der Waals surface area contributed by atoms with Crippen LogP contribution < -0.4 is 0 Å². The predicted octanol–water partition coefficient (Wildman–Crippen LogP) is 3.38. The molecule has 0 aromatic heterocycles. The van der Waals surface area contributed by atoms with Gasteiger partial charge in [0.2, 0.25) is 0 Å². The quantitative estimate of drug-likeness (QED) is 0.781. The van der Waals surface area contributed by atoms with Crippen molar-refractivity contribution in [1.29, 1.82) is 5.26 Å². The summed E-state index contributed by atoms with van der Waals surface area (Å²) in [6.07, 6.45) is 1.81. The lowest BCUT2D eigenvalue weighted by molar-refractivity contribution is 0.636. The number of nitrogens with zero attached hydrogens (tertiary/aromatic N) is 1. The highest BCUT2D eigenvalue weighted by Crippen LogP contribution is 2.17. The Bertz CT molecular complexity index is 314. The van der Waals surface area contributed by atoms with Gasteiger partial charge in [-0.05, 0) is 47.1 Å². The number of rotatable bonds is 3. The highest BCUT2D eigenvalue weighted by atomic mass is 127. The predicted molar refractivity (Wildman–Crippen MR) is 62.3 cm³/mol. The fourth-order valence-electron chi connectivity index (χ4n) is 1.21. The first kappa shape index (κ1) is 10.5. The third-order valence-corrected chi connectivity index (χ3v) is 3.15. The molecule has 0 amide bonds. The van der Waals surface area contributed by atoms with Crippen LogP contribution in [0, 0.1) is 20.8 Å². The summed E-state index contributed by atoms with van der Waals surface area (Å²) in [4.78, 5) is 0. The molecule has 0 bridgehead atoms. The van der Waals surface area contributed by atoms with Gasteiger partial charge in [0.05, 0.1) is 12.0 Å². The van der Waals surface area contributed by atoms with Crippen LogP contribution in [0.4, 0.5) is 0 Å². The molecule has 0 saturated heterocycles. The Morgan fingerprint density at radius 1 is 1.46 bits per heavy atom. The van der Waals surface area contributed by atoms with E-state index in [1.807, 2.05) is 12.1 Å². The summed E-state index contributed by atoms with van der Waals surface area (Å²) in [5, 5.41) is 8.83. The maximum Gasteiger partial charge on any atom is 0.0659 e. The van der Waals surface area contributed by atoms with Gasteiger partial charge in [0.15, 0.2) is 0 Å². The van der Waals surface area contributed by atoms with Crippen LogP contribution in [-0.2, 0) is 6.42 Å². The molecule has 68 valence electrons. The minimum absolute atomic E-state index is 0.163. The van der Waals surface area contributed by atoms with Crippen LogP contribution in [0.5, 0.6) is 0 Å². The summed E-state index contributed by atoms with van der Waals surface area (Å²) in [5.41, 5.74) is 1.29. The lowest BCUT2D eigenvalue weighted by Gasteiger charge is -2.07. The van der Waals surface area contributed by atoms with Crippen LogP contribution in [0.25, 0.3) is 0 Å². The molecule has 1 atom stereocenters. The first-order valence-electron chi connectivity index (χ1n) is 4.41. The lowest BCUT2D eigenvalue weighted by atomic mass is 9.99. The third kappa shape index (κ3) is 3.00. The Balaban J connectivity index is 2.74. The molecule has 0 saturated carbocycles. The SMILES string of the molecule is CCC(C#N)Cc1ccccc1I. The molecule has 0 N–H and O–H groups in total. The molecular weight excluding hydrogens is 273 g/mol. The molecule has 0 heterocycles. The van der Waals surface area contributed by atoms with Crippen molar-refractivity contribution in [3.63, 3.8) is 0 Å². The van der Waals surface area contributed by atoms with Gasteiger partial charge in [0.1, 0.15) is 0 Å². The van der Waals surface area contributed by atoms with E-state index in [0.29, 0.717) is 0 Å². The molecule has 0 fully saturated rings. The minimum atomic E-state index is 0.163. The highest BCUT2D eigenvalue weighted by Gasteiger charge is 2.07. The summed E-state index contributed by atoms with van der Waals surface area (Å²) in [5.74, 6) is 0.163. The Hall–Kier alpha value is -0.560. The number of hydrogen-bond donors (Lipinski definition) is 0. The molecule has 0 aliphatic heterocycles. The summed E-state index contributed by atoms with van der Waals surface area (Å²) in [6, 6.07) is 10.6. The molecule has 1 rings (SSSR count). The van der Waals surface area contributed by atoms with Crippen molar-refractivity contribution in [2.45, 2.75) is 19.8 Å². The molecule has 2 heteroatoms. The zero-order chi connectivity index (χ0) is 9.68. The van der Waals surface area contributed by atoms with Gasteiger partial charge in [-0.15, -0.1) is 0 Å². The van der Waals surface area contributed by atoms with Gasteiger partial charge in [-0.25, -0.2) is 0 Å². The zero-order valence-electron chi connectivity index (χ0n) is 7.63. The maximum absolute atomic E-state index is 8.83. The number of benzene rings is 1. The largest absolute Gasteiger partial charge is 0.198 e. The van der Waals surface area contributed by atoms with Gasteiger partial charge in [-0.3, -0.25) is 0 Å². The lowest BCUT2D eigenvalue weighted by Crippen LogP contribution is -2.01. The molecular formula is C11H12IN. The van der Waals surface area contributed by atoms with Crippen LogP contribution >= 0.6 is 22.6 Å². The fraction of sp³-hybridized carbons (Fsp3) is 0.364. The maximum atomic E-state index is 8.83. The Labute approximate surface area is 92.9 Å². The molecule has 13 heavy (non-hydrogen) atoms. The second kappa shape index (κ2) is 5.23. The number of halogens is 1. The average molecular weight is 285 g/mol. The highest BCUT2D eigenvalue weighted by molar-refractivity contribution is 14.1. The van der Waals surface area contributed by atoms with Gasteiger partial charge in [0.25, 0.3) is 0 Å². The molecule has 0 aliphatic rings. The van der Waals surface area contributed by atoms with E-state index in [1.54, 1.807) is 0 Å². The van der Waals surface area contributed by atoms with Crippen molar-refractivity contribution < 1.29 is 0 Å². The van der Waals surface area contributed by atoms with Crippen molar-refractivity contribution in [2.75, 3.05) is 0 Å². The van der Waals surface area contributed by atoms with Crippen LogP contribution in [0.2, 0.25) is 0 Å². The molecule has 0 aliphatic carbocycles. The first-order valence-corrected chi connectivity index (χ1v) is 5.48. The van der Waals surface area contributed by atoms with Gasteiger partial charge in [0, 0.05) is 3.57 Å². The third-order valence-electron chi connectivity index (χ3n) is 2.10. The summed E-state index contributed by atoms with van der Waals surface area (Å²) >= 11 is 2.32. The Morgan fingerprint density at radius 3 is 2.69 bits per heavy atom. The standard InChI is InChI=1S/C11H12IN/c1-2-9(8-13)7-10-5-3-4-6-11(10)12/h3-6,9H,2,7H2,1H3. The Kier molecular flexibility index (Phi) is 4.23. The van der Waals surface area contributed by atoms with Crippen molar-refractivity contribution in [3.8, 4) is 6.07 Å². The van der Waals surface area contributed by atoms with E-state index in [9.17, 15) is 0 Å². The molecule has 0 spiro atoms. The van der Waals surface area contributed by atoms with Gasteiger partial charge >= 0.3 is 0 Å². The second-order valence-corrected chi connectivity index (χ2v) is 4.19. The van der Waals surface area contributed by atoms with E-state index >= 15 is 0 Å². The zero-order valence-corrected chi connectivity index (χ0v) is 9.78. The normalized spacial score (nSPS) is 12.1. The van der Waals surface area contributed by atoms with Crippen LogP contribution in [0.1, 0.15) is 18.9 Å². The first-order chi connectivity index (χ1) is 6.27. The monoisotopic (exact) mass is 285 g/mol. The van der Waals surface area contributed by atoms with Gasteiger partial charge < -0.3 is 0 Å². The smallest absolute Gasteiger partial charge is 0.0659 e. The molecule has 1 unspecified atom stereocenters. The van der Waals surface area contributed by atoms with Crippen molar-refractivity contribution in [1.82, 2.24) is 0 Å². The van der Waals surface area contributed by atoms with E-state index in [0.717, 1.165) is 12.8 Å². The van der Waals surface area contributed by atoms with E-state index < -0.39 is 0 Å². The van der Waals surface area contributed by atoms with E-state index in [4.69, 9.17) is 5.26 Å². The van der Waals surface area contributed by atoms with E-state index in [2.05, 4.69) is 47.7 Å². The van der Waals surface area contributed by atoms with Crippen molar-refractivity contribution >= 4 is 22.6 Å². The van der Waals surface area contributed by atoms with E-state index in [1.165, 1.54) is 9.13 Å². The molecule has 0 radical (unpaired) electrons. The van der Waals surface area contributed by atoms with Crippen molar-refractivity contribution in [2.24, 2.45) is 5.92 Å². The van der Waals surface area contributed by atoms with Gasteiger partial charge in [-0.2, -0.15) is 5.26 Å². The fourth-order valence-corrected chi connectivity index (χ4v) is 1.82. The van der Waals surface area contributed by atoms with Crippen molar-refractivity contribution in [3.05, 3.63) is 33.4 Å². The number of nitriles is 1. The molecule has 1 nitrogen and oxygen atoms in total. The summed E-state index contributed by atoms with van der Waals surface area (Å²) in [6.45, 7) is 2.06. The average Bonchev–Trinajstić information content (AvgIpc) is 2.17. The summed E-state index contributed by atoms with van der Waals surface area (Å²) < 4.78 is 1.26. The van der Waals surface area contributed by atoms with Crippen LogP contribution in [0.3, 0.4) is 0 Å². The van der Waals surface area contributed by atoms with Crippen LogP contribution in [-0.4, -0.2) is 0 Å². The van der Waals surface area contributed by atoms with Crippen LogP contribution in [0.15, 0.2) is 24.3 Å². The van der Waals surface area contributed by atoms with E-state index in [-0.39, 0.29) is 5.92 Å². The Morgan fingerprint density at radius 2 is 2.15 bits per heavy atom. The second-order valence-electron chi connectivity index (χ2n) is 3.03. The molecule has 1 aromatic rings. The topological polar surface area (TPSA) is 23.8 Å². The number of hydrogen-bond acceptors (Lipinski definition) is 1. The summed E-state index contributed by atoms with van der Waals surface area (Å²) in [7, 11) is 0. The minimum Gasteiger partial charge on any atom is -0.198 e. The van der Waals surface area contributed by atoms with Gasteiger partial charge in [-0.1, -0.05) is 25.1 Å². The molecule has 1 aromatic carbocycles.